The second-order valence-corrected chi connectivity index (χ2v) is 6.41. The van der Waals surface area contributed by atoms with Gasteiger partial charge in [0.2, 0.25) is 0 Å². The average Bonchev–Trinajstić information content (AvgIpc) is 2.37. The van der Waals surface area contributed by atoms with Crippen LogP contribution in [0.15, 0.2) is 24.3 Å². The van der Waals surface area contributed by atoms with Crippen molar-refractivity contribution in [2.45, 2.75) is 40.2 Å². The molecule has 0 spiro atoms. The Kier molecular flexibility index (Phi) is 6.48. The van der Waals surface area contributed by atoms with Crippen molar-refractivity contribution in [3.8, 4) is 0 Å². The lowest BCUT2D eigenvalue weighted by molar-refractivity contribution is 0.401. The summed E-state index contributed by atoms with van der Waals surface area (Å²) in [5, 5.41) is 0. The second-order valence-electron chi connectivity index (χ2n) is 4.65. The molecule has 1 N–H and O–H groups in total. The molecule has 0 unspecified atom stereocenters. The predicted octanol–water partition coefficient (Wildman–Crippen LogP) is 2.45. The highest BCUT2D eigenvalue weighted by molar-refractivity contribution is 7.87. The van der Waals surface area contributed by atoms with Crippen molar-refractivity contribution in [3.63, 3.8) is 0 Å². The molecule has 1 rings (SSSR count). The van der Waals surface area contributed by atoms with Crippen LogP contribution in [-0.2, 0) is 16.8 Å². The van der Waals surface area contributed by atoms with Gasteiger partial charge >= 0.3 is 0 Å². The molecule has 0 fully saturated rings. The number of nitrogens with zero attached hydrogens (tertiary/aromatic N) is 1. The fraction of sp³-hybridized carbons (Fsp3) is 0.571. The first-order chi connectivity index (χ1) is 9.01. The van der Waals surface area contributed by atoms with E-state index in [1.54, 1.807) is 0 Å². The third kappa shape index (κ3) is 4.93. The minimum Gasteiger partial charge on any atom is -0.198 e. The zero-order chi connectivity index (χ0) is 14.3. The molecule has 0 aromatic heterocycles. The van der Waals surface area contributed by atoms with Crippen LogP contribution >= 0.6 is 0 Å². The summed E-state index contributed by atoms with van der Waals surface area (Å²) in [5.41, 5.74) is 2.11. The molecule has 19 heavy (non-hydrogen) atoms. The largest absolute Gasteiger partial charge is 0.279 e. The van der Waals surface area contributed by atoms with Gasteiger partial charge in [0.1, 0.15) is 0 Å². The molecule has 0 radical (unpaired) electrons. The van der Waals surface area contributed by atoms with E-state index in [0.717, 1.165) is 24.0 Å². The molecule has 0 amide bonds. The quantitative estimate of drug-likeness (QED) is 0.797. The molecule has 108 valence electrons. The van der Waals surface area contributed by atoms with Gasteiger partial charge in [0, 0.05) is 19.6 Å². The molecule has 4 nitrogen and oxygen atoms in total. The van der Waals surface area contributed by atoms with Crippen LogP contribution in [0.1, 0.15) is 37.8 Å². The SMILES string of the molecule is CCCN(CCC)S(=O)(=O)NCc1ccccc1C. The van der Waals surface area contributed by atoms with Crippen LogP contribution < -0.4 is 4.72 Å². The zero-order valence-electron chi connectivity index (χ0n) is 12.0. The number of nitrogens with one attached hydrogen (secondary N) is 1. The van der Waals surface area contributed by atoms with Gasteiger partial charge in [0.05, 0.1) is 0 Å². The highest BCUT2D eigenvalue weighted by Gasteiger charge is 2.19. The lowest BCUT2D eigenvalue weighted by atomic mass is 10.1. The summed E-state index contributed by atoms with van der Waals surface area (Å²) in [6.45, 7) is 7.44. The topological polar surface area (TPSA) is 49.4 Å². The molecule has 1 aromatic rings. The Morgan fingerprint density at radius 3 is 2.21 bits per heavy atom. The van der Waals surface area contributed by atoms with Crippen LogP contribution in [0.25, 0.3) is 0 Å². The maximum absolute atomic E-state index is 12.2. The molecule has 0 saturated heterocycles. The minimum absolute atomic E-state index is 0.346. The lowest BCUT2D eigenvalue weighted by Gasteiger charge is -2.21. The maximum Gasteiger partial charge on any atom is 0.279 e. The Balaban J connectivity index is 2.71. The number of hydrogen-bond donors (Lipinski definition) is 1. The van der Waals surface area contributed by atoms with Crippen LogP contribution in [0, 0.1) is 6.92 Å². The molecule has 0 aliphatic rings. The molecule has 0 aliphatic carbocycles. The fourth-order valence-electron chi connectivity index (χ4n) is 1.92. The Morgan fingerprint density at radius 1 is 1.11 bits per heavy atom. The molecule has 0 saturated carbocycles. The van der Waals surface area contributed by atoms with Gasteiger partial charge in [-0.2, -0.15) is 17.4 Å². The summed E-state index contributed by atoms with van der Waals surface area (Å²) in [7, 11) is -3.38. The van der Waals surface area contributed by atoms with Crippen LogP contribution in [0.4, 0.5) is 0 Å². The number of hydrogen-bond acceptors (Lipinski definition) is 2. The summed E-state index contributed by atoms with van der Waals surface area (Å²) in [4.78, 5) is 0. The van der Waals surface area contributed by atoms with E-state index in [0.29, 0.717) is 19.6 Å². The molecule has 0 aliphatic heterocycles. The highest BCUT2D eigenvalue weighted by atomic mass is 32.2. The summed E-state index contributed by atoms with van der Waals surface area (Å²) in [6, 6.07) is 7.81. The molecule has 1 aromatic carbocycles. The number of benzene rings is 1. The van der Waals surface area contributed by atoms with Gasteiger partial charge < -0.3 is 0 Å². The van der Waals surface area contributed by atoms with Gasteiger partial charge in [-0.15, -0.1) is 0 Å². The first-order valence-electron chi connectivity index (χ1n) is 6.80. The van der Waals surface area contributed by atoms with E-state index in [1.165, 1.54) is 4.31 Å². The zero-order valence-corrected chi connectivity index (χ0v) is 12.8. The molecule has 0 bridgehead atoms. The van der Waals surface area contributed by atoms with Gasteiger partial charge in [-0.1, -0.05) is 38.1 Å². The Hall–Kier alpha value is -0.910. The summed E-state index contributed by atoms with van der Waals surface area (Å²) >= 11 is 0. The Labute approximate surface area is 117 Å². The van der Waals surface area contributed by atoms with E-state index in [-0.39, 0.29) is 0 Å². The maximum atomic E-state index is 12.2. The summed E-state index contributed by atoms with van der Waals surface area (Å²) in [6.07, 6.45) is 1.65. The fourth-order valence-corrected chi connectivity index (χ4v) is 3.29. The van der Waals surface area contributed by atoms with E-state index in [1.807, 2.05) is 45.0 Å². The summed E-state index contributed by atoms with van der Waals surface area (Å²) < 4.78 is 28.6. The first-order valence-corrected chi connectivity index (χ1v) is 8.24. The second kappa shape index (κ2) is 7.62. The standard InChI is InChI=1S/C14H24N2O2S/c1-4-10-16(11-5-2)19(17,18)15-12-14-9-7-6-8-13(14)3/h6-9,15H,4-5,10-12H2,1-3H3. The molecule has 0 heterocycles. The van der Waals surface area contributed by atoms with E-state index < -0.39 is 10.2 Å². The van der Waals surface area contributed by atoms with Crippen molar-refractivity contribution >= 4 is 10.2 Å². The van der Waals surface area contributed by atoms with Crippen LogP contribution in [0.2, 0.25) is 0 Å². The van der Waals surface area contributed by atoms with Gasteiger partial charge in [0.25, 0.3) is 10.2 Å². The average molecular weight is 284 g/mol. The van der Waals surface area contributed by atoms with E-state index in [4.69, 9.17) is 0 Å². The van der Waals surface area contributed by atoms with Crippen LogP contribution in [-0.4, -0.2) is 25.8 Å². The Morgan fingerprint density at radius 2 is 1.68 bits per heavy atom. The monoisotopic (exact) mass is 284 g/mol. The van der Waals surface area contributed by atoms with E-state index in [2.05, 4.69) is 4.72 Å². The van der Waals surface area contributed by atoms with Crippen molar-refractivity contribution in [2.24, 2.45) is 0 Å². The smallest absolute Gasteiger partial charge is 0.198 e. The molecule has 5 heteroatoms. The van der Waals surface area contributed by atoms with Crippen molar-refractivity contribution in [3.05, 3.63) is 35.4 Å². The van der Waals surface area contributed by atoms with Gasteiger partial charge in [-0.3, -0.25) is 0 Å². The normalized spacial score (nSPS) is 12.0. The van der Waals surface area contributed by atoms with Crippen LogP contribution in [0.5, 0.6) is 0 Å². The number of aryl methyl sites for hydroxylation is 1. The van der Waals surface area contributed by atoms with Crippen LogP contribution in [0.3, 0.4) is 0 Å². The van der Waals surface area contributed by atoms with Crippen molar-refractivity contribution in [1.82, 2.24) is 9.03 Å². The molecular formula is C14H24N2O2S. The van der Waals surface area contributed by atoms with Crippen molar-refractivity contribution < 1.29 is 8.42 Å². The summed E-state index contributed by atoms with van der Waals surface area (Å²) in [5.74, 6) is 0. The third-order valence-corrected chi connectivity index (χ3v) is 4.55. The highest BCUT2D eigenvalue weighted by Crippen LogP contribution is 2.08. The van der Waals surface area contributed by atoms with Gasteiger partial charge in [-0.25, -0.2) is 0 Å². The Bertz CT molecular complexity index is 480. The molecular weight excluding hydrogens is 260 g/mol. The molecule has 0 atom stereocenters. The minimum atomic E-state index is -3.38. The number of rotatable bonds is 8. The van der Waals surface area contributed by atoms with Crippen molar-refractivity contribution in [1.29, 1.82) is 0 Å². The van der Waals surface area contributed by atoms with E-state index >= 15 is 0 Å². The van der Waals surface area contributed by atoms with Crippen molar-refractivity contribution in [2.75, 3.05) is 13.1 Å². The first kappa shape index (κ1) is 16.1. The third-order valence-electron chi connectivity index (χ3n) is 2.99. The lowest BCUT2D eigenvalue weighted by Crippen LogP contribution is -2.41. The van der Waals surface area contributed by atoms with Gasteiger partial charge in [0.15, 0.2) is 0 Å². The van der Waals surface area contributed by atoms with E-state index in [9.17, 15) is 8.42 Å². The van der Waals surface area contributed by atoms with Gasteiger partial charge in [-0.05, 0) is 30.9 Å². The predicted molar refractivity (Wildman–Crippen MR) is 79.1 cm³/mol.